The highest BCUT2D eigenvalue weighted by atomic mass is 16.2. The molecule has 4 heteroatoms. The first-order valence-corrected chi connectivity index (χ1v) is 6.98. The lowest BCUT2D eigenvalue weighted by Gasteiger charge is -2.39. The number of carbonyl (C=O) groups excluding carboxylic acids is 1. The van der Waals surface area contributed by atoms with Crippen LogP contribution in [0.1, 0.15) is 38.5 Å². The van der Waals surface area contributed by atoms with Gasteiger partial charge in [0, 0.05) is 19.6 Å². The fraction of sp³-hybridized carbons (Fsp3) is 0.923. The summed E-state index contributed by atoms with van der Waals surface area (Å²) in [6.07, 6.45) is 7.06. The molecule has 17 heavy (non-hydrogen) atoms. The smallest absolute Gasteiger partial charge is 0.227 e. The van der Waals surface area contributed by atoms with Gasteiger partial charge >= 0.3 is 0 Å². The lowest BCUT2D eigenvalue weighted by Crippen LogP contribution is -2.51. The maximum Gasteiger partial charge on any atom is 0.227 e. The van der Waals surface area contributed by atoms with Crippen molar-refractivity contribution in [2.24, 2.45) is 11.1 Å². The minimum absolute atomic E-state index is 0.184. The van der Waals surface area contributed by atoms with Crippen molar-refractivity contribution in [3.05, 3.63) is 0 Å². The van der Waals surface area contributed by atoms with E-state index in [-0.39, 0.29) is 11.3 Å². The van der Waals surface area contributed by atoms with E-state index in [9.17, 15) is 4.79 Å². The molecule has 2 fully saturated rings. The van der Waals surface area contributed by atoms with Crippen molar-refractivity contribution in [2.75, 3.05) is 32.7 Å². The number of rotatable bonds is 5. The third-order valence-electron chi connectivity index (χ3n) is 4.35. The fourth-order valence-corrected chi connectivity index (χ4v) is 2.83. The van der Waals surface area contributed by atoms with E-state index in [1.807, 2.05) is 0 Å². The molecule has 98 valence electrons. The van der Waals surface area contributed by atoms with Crippen LogP contribution in [0.4, 0.5) is 0 Å². The van der Waals surface area contributed by atoms with Crippen molar-refractivity contribution in [3.8, 4) is 0 Å². The lowest BCUT2D eigenvalue weighted by molar-refractivity contribution is -0.135. The van der Waals surface area contributed by atoms with Crippen molar-refractivity contribution in [3.63, 3.8) is 0 Å². The van der Waals surface area contributed by atoms with Gasteiger partial charge in [-0.15, -0.1) is 0 Å². The highest BCUT2D eigenvalue weighted by Crippen LogP contribution is 2.39. The molecule has 2 aliphatic rings. The molecule has 1 amide bonds. The zero-order valence-corrected chi connectivity index (χ0v) is 10.7. The molecule has 0 aromatic heterocycles. The SMILES string of the molecule is NCC1(C(=O)NCCN2CCCCC2)CCC1. The Morgan fingerprint density at radius 2 is 1.88 bits per heavy atom. The van der Waals surface area contributed by atoms with Gasteiger partial charge < -0.3 is 16.0 Å². The molecule has 4 nitrogen and oxygen atoms in total. The number of carbonyl (C=O) groups is 1. The normalized spacial score (nSPS) is 24.1. The Balaban J connectivity index is 1.65. The molecular weight excluding hydrogens is 214 g/mol. The van der Waals surface area contributed by atoms with Gasteiger partial charge in [-0.1, -0.05) is 12.8 Å². The van der Waals surface area contributed by atoms with Crippen LogP contribution in [-0.2, 0) is 4.79 Å². The van der Waals surface area contributed by atoms with Crippen molar-refractivity contribution in [2.45, 2.75) is 38.5 Å². The van der Waals surface area contributed by atoms with E-state index in [1.165, 1.54) is 32.4 Å². The standard InChI is InChI=1S/C13H25N3O/c14-11-13(5-4-6-13)12(17)15-7-10-16-8-2-1-3-9-16/h1-11,14H2,(H,15,17). The molecule has 1 saturated carbocycles. The van der Waals surface area contributed by atoms with Crippen LogP contribution in [0, 0.1) is 5.41 Å². The van der Waals surface area contributed by atoms with E-state index >= 15 is 0 Å². The third kappa shape index (κ3) is 2.99. The maximum atomic E-state index is 12.0. The second-order valence-corrected chi connectivity index (χ2v) is 5.50. The van der Waals surface area contributed by atoms with Gasteiger partial charge in [0.15, 0.2) is 0 Å². The number of nitrogens with one attached hydrogen (secondary N) is 1. The Labute approximate surface area is 104 Å². The van der Waals surface area contributed by atoms with E-state index in [4.69, 9.17) is 5.73 Å². The highest BCUT2D eigenvalue weighted by molar-refractivity contribution is 5.83. The van der Waals surface area contributed by atoms with Crippen LogP contribution in [-0.4, -0.2) is 43.5 Å². The van der Waals surface area contributed by atoms with Crippen LogP contribution in [0.2, 0.25) is 0 Å². The second-order valence-electron chi connectivity index (χ2n) is 5.50. The van der Waals surface area contributed by atoms with Crippen LogP contribution in [0.15, 0.2) is 0 Å². The predicted molar refractivity (Wildman–Crippen MR) is 68.6 cm³/mol. The molecule has 0 bridgehead atoms. The van der Waals surface area contributed by atoms with Gasteiger partial charge in [0.05, 0.1) is 5.41 Å². The third-order valence-corrected chi connectivity index (χ3v) is 4.35. The zero-order valence-electron chi connectivity index (χ0n) is 10.7. The van der Waals surface area contributed by atoms with Crippen molar-refractivity contribution >= 4 is 5.91 Å². The molecular formula is C13H25N3O. The lowest BCUT2D eigenvalue weighted by atomic mass is 9.68. The molecule has 0 aromatic rings. The number of amides is 1. The Morgan fingerprint density at radius 1 is 1.18 bits per heavy atom. The minimum atomic E-state index is -0.220. The summed E-state index contributed by atoms with van der Waals surface area (Å²) < 4.78 is 0. The fourth-order valence-electron chi connectivity index (χ4n) is 2.83. The van der Waals surface area contributed by atoms with Gasteiger partial charge in [0.2, 0.25) is 5.91 Å². The van der Waals surface area contributed by atoms with Gasteiger partial charge in [-0.3, -0.25) is 4.79 Å². The summed E-state index contributed by atoms with van der Waals surface area (Å²) in [7, 11) is 0. The number of hydrogen-bond donors (Lipinski definition) is 2. The molecule has 1 aliphatic heterocycles. The molecule has 2 rings (SSSR count). The van der Waals surface area contributed by atoms with Gasteiger partial charge in [-0.05, 0) is 38.8 Å². The number of piperidine rings is 1. The molecule has 0 aromatic carbocycles. The van der Waals surface area contributed by atoms with Crippen LogP contribution >= 0.6 is 0 Å². The molecule has 3 N–H and O–H groups in total. The monoisotopic (exact) mass is 239 g/mol. The summed E-state index contributed by atoms with van der Waals surface area (Å²) in [6.45, 7) is 4.66. The number of nitrogens with two attached hydrogens (primary N) is 1. The summed E-state index contributed by atoms with van der Waals surface area (Å²) in [4.78, 5) is 14.5. The Hall–Kier alpha value is -0.610. The van der Waals surface area contributed by atoms with Gasteiger partial charge in [0.25, 0.3) is 0 Å². The van der Waals surface area contributed by atoms with Crippen molar-refractivity contribution in [1.29, 1.82) is 0 Å². The average Bonchev–Trinajstić information content (AvgIpc) is 2.30. The van der Waals surface area contributed by atoms with Gasteiger partial charge in [-0.2, -0.15) is 0 Å². The quantitative estimate of drug-likeness (QED) is 0.743. The summed E-state index contributed by atoms with van der Waals surface area (Å²) in [5.41, 5.74) is 5.49. The summed E-state index contributed by atoms with van der Waals surface area (Å²) in [5.74, 6) is 0.184. The van der Waals surface area contributed by atoms with E-state index in [0.29, 0.717) is 6.54 Å². The van der Waals surface area contributed by atoms with Crippen LogP contribution in [0.25, 0.3) is 0 Å². The molecule has 0 spiro atoms. The minimum Gasteiger partial charge on any atom is -0.354 e. The topological polar surface area (TPSA) is 58.4 Å². The number of hydrogen-bond acceptors (Lipinski definition) is 3. The molecule has 0 atom stereocenters. The van der Waals surface area contributed by atoms with E-state index in [1.54, 1.807) is 0 Å². The van der Waals surface area contributed by atoms with E-state index in [2.05, 4.69) is 10.2 Å². The summed E-state index contributed by atoms with van der Waals surface area (Å²) in [6, 6.07) is 0. The molecule has 1 heterocycles. The summed E-state index contributed by atoms with van der Waals surface area (Å²) >= 11 is 0. The molecule has 1 saturated heterocycles. The highest BCUT2D eigenvalue weighted by Gasteiger charge is 2.42. The summed E-state index contributed by atoms with van der Waals surface area (Å²) in [5, 5.41) is 3.06. The van der Waals surface area contributed by atoms with E-state index in [0.717, 1.165) is 32.4 Å². The molecule has 1 aliphatic carbocycles. The first-order chi connectivity index (χ1) is 8.27. The number of nitrogens with zero attached hydrogens (tertiary/aromatic N) is 1. The molecule has 0 radical (unpaired) electrons. The first-order valence-electron chi connectivity index (χ1n) is 6.98. The van der Waals surface area contributed by atoms with Gasteiger partial charge in [-0.25, -0.2) is 0 Å². The van der Waals surface area contributed by atoms with Crippen LogP contribution in [0.5, 0.6) is 0 Å². The zero-order chi connectivity index (χ0) is 12.1. The van der Waals surface area contributed by atoms with Crippen LogP contribution < -0.4 is 11.1 Å². The number of likely N-dealkylation sites (tertiary alicyclic amines) is 1. The predicted octanol–water partition coefficient (Wildman–Crippen LogP) is 0.717. The molecule has 0 unspecified atom stereocenters. The largest absolute Gasteiger partial charge is 0.354 e. The second kappa shape index (κ2) is 5.83. The van der Waals surface area contributed by atoms with E-state index < -0.39 is 0 Å². The van der Waals surface area contributed by atoms with Gasteiger partial charge in [0.1, 0.15) is 0 Å². The van der Waals surface area contributed by atoms with Crippen molar-refractivity contribution < 1.29 is 4.79 Å². The Bertz CT molecular complexity index is 252. The Kier molecular flexibility index (Phi) is 4.40. The Morgan fingerprint density at radius 3 is 2.41 bits per heavy atom. The van der Waals surface area contributed by atoms with Crippen LogP contribution in [0.3, 0.4) is 0 Å². The van der Waals surface area contributed by atoms with Crippen molar-refractivity contribution in [1.82, 2.24) is 10.2 Å². The first kappa shape index (κ1) is 12.8. The maximum absolute atomic E-state index is 12.0. The average molecular weight is 239 g/mol.